The molecule has 5 heteroatoms. The van der Waals surface area contributed by atoms with Crippen LogP contribution < -0.4 is 5.32 Å². The zero-order valence-corrected chi connectivity index (χ0v) is 10.4. The Bertz CT molecular complexity index is 516. The largest absolute Gasteiger partial charge is 0.381 e. The fourth-order valence-corrected chi connectivity index (χ4v) is 1.90. The molecule has 17 heavy (non-hydrogen) atoms. The molecule has 0 saturated heterocycles. The van der Waals surface area contributed by atoms with E-state index < -0.39 is 0 Å². The lowest BCUT2D eigenvalue weighted by molar-refractivity contribution is 0.628. The number of rotatable bonds is 3. The highest BCUT2D eigenvalue weighted by Gasteiger charge is 2.04. The van der Waals surface area contributed by atoms with Crippen LogP contribution in [0.5, 0.6) is 0 Å². The van der Waals surface area contributed by atoms with Crippen LogP contribution in [-0.2, 0) is 13.6 Å². The highest BCUT2D eigenvalue weighted by Crippen LogP contribution is 2.19. The van der Waals surface area contributed by atoms with Gasteiger partial charge in [0.2, 0.25) is 0 Å². The van der Waals surface area contributed by atoms with Crippen LogP contribution >= 0.6 is 11.6 Å². The van der Waals surface area contributed by atoms with Gasteiger partial charge in [-0.3, -0.25) is 4.68 Å². The van der Waals surface area contributed by atoms with Crippen molar-refractivity contribution in [3.05, 3.63) is 46.5 Å². The maximum Gasteiger partial charge on any atom is 0.126 e. The molecule has 0 unspecified atom stereocenters. The number of halogens is 2. The lowest BCUT2D eigenvalue weighted by atomic mass is 10.2. The number of aromatic nitrogens is 2. The lowest BCUT2D eigenvalue weighted by Gasteiger charge is -2.06. The third-order valence-corrected chi connectivity index (χ3v) is 2.68. The van der Waals surface area contributed by atoms with E-state index in [0.29, 0.717) is 17.3 Å². The molecule has 0 atom stereocenters. The Kier molecular flexibility index (Phi) is 3.33. The summed E-state index contributed by atoms with van der Waals surface area (Å²) in [7, 11) is 1.87. The summed E-state index contributed by atoms with van der Waals surface area (Å²) in [5.74, 6) is -0.345. The Balaban J connectivity index is 2.09. The smallest absolute Gasteiger partial charge is 0.126 e. The Morgan fingerprint density at radius 2 is 2.18 bits per heavy atom. The number of nitrogens with zero attached hydrogens (tertiary/aromatic N) is 2. The molecule has 2 aromatic rings. The van der Waals surface area contributed by atoms with Crippen molar-refractivity contribution in [3.8, 4) is 0 Å². The molecule has 0 aliphatic carbocycles. The predicted octanol–water partition coefficient (Wildman–Crippen LogP) is 3.13. The standard InChI is InChI=1S/C12H13ClFN3/c1-8-9(7-17(2)16-8)6-15-12-4-10(13)3-11(14)5-12/h3-5,7,15H,6H2,1-2H3. The molecule has 2 rings (SSSR count). The Morgan fingerprint density at radius 1 is 1.41 bits per heavy atom. The summed E-state index contributed by atoms with van der Waals surface area (Å²) >= 11 is 5.77. The number of anilines is 1. The van der Waals surface area contributed by atoms with Gasteiger partial charge in [0, 0.05) is 36.1 Å². The third-order valence-electron chi connectivity index (χ3n) is 2.46. The van der Waals surface area contributed by atoms with Gasteiger partial charge in [-0.15, -0.1) is 0 Å². The predicted molar refractivity (Wildman–Crippen MR) is 66.7 cm³/mol. The van der Waals surface area contributed by atoms with E-state index in [1.807, 2.05) is 20.2 Å². The fraction of sp³-hybridized carbons (Fsp3) is 0.250. The van der Waals surface area contributed by atoms with Gasteiger partial charge in [0.15, 0.2) is 0 Å². The van der Waals surface area contributed by atoms with E-state index in [2.05, 4.69) is 10.4 Å². The third kappa shape index (κ3) is 2.97. The van der Waals surface area contributed by atoms with Crippen molar-refractivity contribution in [2.24, 2.45) is 7.05 Å². The summed E-state index contributed by atoms with van der Waals surface area (Å²) < 4.78 is 14.9. The van der Waals surface area contributed by atoms with Crippen molar-refractivity contribution in [1.82, 2.24) is 9.78 Å². The quantitative estimate of drug-likeness (QED) is 0.911. The topological polar surface area (TPSA) is 29.9 Å². The molecule has 0 spiro atoms. The van der Waals surface area contributed by atoms with Crippen LogP contribution in [0.25, 0.3) is 0 Å². The van der Waals surface area contributed by atoms with Gasteiger partial charge in [0.1, 0.15) is 5.82 Å². The maximum atomic E-state index is 13.1. The van der Waals surface area contributed by atoms with Crippen molar-refractivity contribution in [2.45, 2.75) is 13.5 Å². The summed E-state index contributed by atoms with van der Waals surface area (Å²) in [6.07, 6.45) is 1.93. The SMILES string of the molecule is Cc1nn(C)cc1CNc1cc(F)cc(Cl)c1. The first-order valence-electron chi connectivity index (χ1n) is 5.23. The molecule has 3 nitrogen and oxygen atoms in total. The fourth-order valence-electron chi connectivity index (χ4n) is 1.68. The average Bonchev–Trinajstić information content (AvgIpc) is 2.53. The van der Waals surface area contributed by atoms with Gasteiger partial charge in [-0.25, -0.2) is 4.39 Å². The Hall–Kier alpha value is -1.55. The number of benzene rings is 1. The first kappa shape index (κ1) is 11.9. The normalized spacial score (nSPS) is 10.6. The van der Waals surface area contributed by atoms with Crippen molar-refractivity contribution in [3.63, 3.8) is 0 Å². The monoisotopic (exact) mass is 253 g/mol. The first-order valence-corrected chi connectivity index (χ1v) is 5.61. The zero-order valence-electron chi connectivity index (χ0n) is 9.67. The van der Waals surface area contributed by atoms with E-state index in [-0.39, 0.29) is 5.82 Å². The molecule has 0 bridgehead atoms. The van der Waals surface area contributed by atoms with E-state index in [1.54, 1.807) is 10.7 Å². The summed E-state index contributed by atoms with van der Waals surface area (Å²) in [4.78, 5) is 0. The van der Waals surface area contributed by atoms with Crippen molar-refractivity contribution in [1.29, 1.82) is 0 Å². The molecule has 0 aliphatic rings. The maximum absolute atomic E-state index is 13.1. The minimum Gasteiger partial charge on any atom is -0.381 e. The lowest BCUT2D eigenvalue weighted by Crippen LogP contribution is -2.00. The van der Waals surface area contributed by atoms with Crippen molar-refractivity contribution in [2.75, 3.05) is 5.32 Å². The van der Waals surface area contributed by atoms with Crippen LogP contribution in [-0.4, -0.2) is 9.78 Å². The molecular weight excluding hydrogens is 241 g/mol. The Labute approximate surface area is 104 Å². The second-order valence-electron chi connectivity index (χ2n) is 3.93. The molecular formula is C12H13ClFN3. The number of aryl methyl sites for hydroxylation is 2. The Morgan fingerprint density at radius 3 is 2.76 bits per heavy atom. The second-order valence-corrected chi connectivity index (χ2v) is 4.36. The molecule has 0 amide bonds. The van der Waals surface area contributed by atoms with Gasteiger partial charge in [0.25, 0.3) is 0 Å². The molecule has 0 fully saturated rings. The van der Waals surface area contributed by atoms with Gasteiger partial charge >= 0.3 is 0 Å². The zero-order chi connectivity index (χ0) is 12.4. The first-order chi connectivity index (χ1) is 8.04. The van der Waals surface area contributed by atoms with Gasteiger partial charge in [-0.1, -0.05) is 11.6 Å². The van der Waals surface area contributed by atoms with Crippen LogP contribution in [0, 0.1) is 12.7 Å². The van der Waals surface area contributed by atoms with Crippen LogP contribution in [0.15, 0.2) is 24.4 Å². The van der Waals surface area contributed by atoms with Crippen LogP contribution in [0.3, 0.4) is 0 Å². The van der Waals surface area contributed by atoms with Gasteiger partial charge in [-0.05, 0) is 25.1 Å². The van der Waals surface area contributed by atoms with E-state index in [1.165, 1.54) is 12.1 Å². The molecule has 0 radical (unpaired) electrons. The van der Waals surface area contributed by atoms with Crippen molar-refractivity contribution >= 4 is 17.3 Å². The highest BCUT2D eigenvalue weighted by molar-refractivity contribution is 6.30. The summed E-state index contributed by atoms with van der Waals surface area (Å²) in [6, 6.07) is 4.38. The molecule has 0 aliphatic heterocycles. The van der Waals surface area contributed by atoms with Crippen molar-refractivity contribution < 1.29 is 4.39 Å². The van der Waals surface area contributed by atoms with Crippen LogP contribution in [0.2, 0.25) is 5.02 Å². The number of hydrogen-bond donors (Lipinski definition) is 1. The molecule has 1 N–H and O–H groups in total. The summed E-state index contributed by atoms with van der Waals surface area (Å²) in [5, 5.41) is 7.74. The van der Waals surface area contributed by atoms with Crippen LogP contribution in [0.4, 0.5) is 10.1 Å². The van der Waals surface area contributed by atoms with Gasteiger partial charge in [-0.2, -0.15) is 5.10 Å². The van der Waals surface area contributed by atoms with Crippen LogP contribution in [0.1, 0.15) is 11.3 Å². The number of hydrogen-bond acceptors (Lipinski definition) is 2. The minimum atomic E-state index is -0.345. The molecule has 0 saturated carbocycles. The minimum absolute atomic E-state index is 0.345. The molecule has 1 heterocycles. The summed E-state index contributed by atoms with van der Waals surface area (Å²) in [5.41, 5.74) is 2.70. The van der Waals surface area contributed by atoms with E-state index in [0.717, 1.165) is 11.3 Å². The van der Waals surface area contributed by atoms with E-state index >= 15 is 0 Å². The van der Waals surface area contributed by atoms with Gasteiger partial charge < -0.3 is 5.32 Å². The molecule has 1 aromatic heterocycles. The molecule has 1 aromatic carbocycles. The van der Waals surface area contributed by atoms with Gasteiger partial charge in [0.05, 0.1) is 5.69 Å². The highest BCUT2D eigenvalue weighted by atomic mass is 35.5. The van der Waals surface area contributed by atoms with E-state index in [4.69, 9.17) is 11.6 Å². The summed E-state index contributed by atoms with van der Waals surface area (Å²) in [6.45, 7) is 2.54. The second kappa shape index (κ2) is 4.75. The number of nitrogens with one attached hydrogen (secondary N) is 1. The molecule has 90 valence electrons. The average molecular weight is 254 g/mol. The van der Waals surface area contributed by atoms with E-state index in [9.17, 15) is 4.39 Å².